The lowest BCUT2D eigenvalue weighted by molar-refractivity contribution is 0.0945. The molecule has 0 radical (unpaired) electrons. The average Bonchev–Trinajstić information content (AvgIpc) is 2.44. The largest absolute Gasteiger partial charge is 0.496 e. The van der Waals surface area contributed by atoms with Gasteiger partial charge in [-0.15, -0.1) is 0 Å². The Kier molecular flexibility index (Phi) is 6.15. The van der Waals surface area contributed by atoms with E-state index in [0.717, 1.165) is 6.42 Å². The predicted molar refractivity (Wildman–Crippen MR) is 77.9 cm³/mol. The third-order valence-corrected chi connectivity index (χ3v) is 2.95. The van der Waals surface area contributed by atoms with Crippen molar-refractivity contribution in [1.82, 2.24) is 5.32 Å². The van der Waals surface area contributed by atoms with Crippen LogP contribution in [0.1, 0.15) is 30.6 Å². The van der Waals surface area contributed by atoms with Crippen LogP contribution in [0.15, 0.2) is 12.1 Å². The molecule has 0 saturated carbocycles. The molecule has 5 nitrogen and oxygen atoms in total. The summed E-state index contributed by atoms with van der Waals surface area (Å²) in [5, 5.41) is 2.88. The smallest absolute Gasteiger partial charge is 0.258 e. The molecule has 0 heterocycles. The lowest BCUT2D eigenvalue weighted by Gasteiger charge is -2.15. The zero-order chi connectivity index (χ0) is 15.1. The number of nitrogens with one attached hydrogen (secondary N) is 1. The molecule has 1 amide bonds. The molecule has 5 heteroatoms. The van der Waals surface area contributed by atoms with E-state index in [9.17, 15) is 4.79 Å². The lowest BCUT2D eigenvalue weighted by Crippen LogP contribution is -2.26. The van der Waals surface area contributed by atoms with Gasteiger partial charge in [0.25, 0.3) is 5.91 Å². The number of carbonyl (C=O) groups is 1. The van der Waals surface area contributed by atoms with Crippen LogP contribution in [-0.4, -0.2) is 33.8 Å². The molecule has 1 N–H and O–H groups in total. The Morgan fingerprint density at radius 3 is 2.05 bits per heavy atom. The summed E-state index contributed by atoms with van der Waals surface area (Å²) in [4.78, 5) is 12.3. The van der Waals surface area contributed by atoms with E-state index in [1.165, 1.54) is 14.2 Å². The van der Waals surface area contributed by atoms with Gasteiger partial charge in [0.05, 0.1) is 21.3 Å². The minimum atomic E-state index is -0.206. The third kappa shape index (κ3) is 4.05. The summed E-state index contributed by atoms with van der Waals surface area (Å²) in [6.07, 6.45) is 0.923. The molecule has 20 heavy (non-hydrogen) atoms. The molecule has 0 aliphatic heterocycles. The second-order valence-corrected chi connectivity index (χ2v) is 4.85. The van der Waals surface area contributed by atoms with Gasteiger partial charge in [-0.3, -0.25) is 4.79 Å². The highest BCUT2D eigenvalue weighted by molar-refractivity contribution is 6.00. The molecular weight excluding hydrogens is 258 g/mol. The normalized spacial score (nSPS) is 10.3. The minimum Gasteiger partial charge on any atom is -0.496 e. The molecule has 0 unspecified atom stereocenters. The Labute approximate surface area is 120 Å². The summed E-state index contributed by atoms with van der Waals surface area (Å²) in [5.41, 5.74) is 0.388. The van der Waals surface area contributed by atoms with Gasteiger partial charge in [0, 0.05) is 18.7 Å². The van der Waals surface area contributed by atoms with Crippen molar-refractivity contribution in [3.05, 3.63) is 17.7 Å². The fraction of sp³-hybridized carbons (Fsp3) is 0.533. The topological polar surface area (TPSA) is 56.8 Å². The van der Waals surface area contributed by atoms with Crippen molar-refractivity contribution in [1.29, 1.82) is 0 Å². The molecule has 0 fully saturated rings. The molecular formula is C15H23NO4. The van der Waals surface area contributed by atoms with Crippen molar-refractivity contribution in [2.75, 3.05) is 27.9 Å². The van der Waals surface area contributed by atoms with Crippen LogP contribution in [0.5, 0.6) is 17.2 Å². The predicted octanol–water partition coefficient (Wildman–Crippen LogP) is 2.49. The fourth-order valence-corrected chi connectivity index (χ4v) is 1.79. The molecule has 0 aromatic heterocycles. The summed E-state index contributed by atoms with van der Waals surface area (Å²) in [5.74, 6) is 1.78. The van der Waals surface area contributed by atoms with Crippen molar-refractivity contribution in [2.45, 2.75) is 20.3 Å². The van der Waals surface area contributed by atoms with Crippen LogP contribution in [0.4, 0.5) is 0 Å². The third-order valence-electron chi connectivity index (χ3n) is 2.95. The Morgan fingerprint density at radius 1 is 1.10 bits per heavy atom. The van der Waals surface area contributed by atoms with Gasteiger partial charge >= 0.3 is 0 Å². The average molecular weight is 281 g/mol. The second kappa shape index (κ2) is 7.62. The Balaban J connectivity index is 2.99. The van der Waals surface area contributed by atoms with Crippen LogP contribution in [0, 0.1) is 5.92 Å². The number of ether oxygens (including phenoxy) is 3. The lowest BCUT2D eigenvalue weighted by atomic mass is 10.1. The van der Waals surface area contributed by atoms with Crippen LogP contribution >= 0.6 is 0 Å². The van der Waals surface area contributed by atoms with Gasteiger partial charge in [0.15, 0.2) is 0 Å². The molecule has 112 valence electrons. The summed E-state index contributed by atoms with van der Waals surface area (Å²) in [6.45, 7) is 4.84. The number of carbonyl (C=O) groups excluding carboxylic acids is 1. The van der Waals surface area contributed by atoms with Gasteiger partial charge in [-0.25, -0.2) is 0 Å². The van der Waals surface area contributed by atoms with Crippen molar-refractivity contribution >= 4 is 5.91 Å². The van der Waals surface area contributed by atoms with E-state index in [1.807, 2.05) is 0 Å². The van der Waals surface area contributed by atoms with Gasteiger partial charge in [-0.05, 0) is 12.3 Å². The van der Waals surface area contributed by atoms with Crippen LogP contribution < -0.4 is 19.5 Å². The molecule has 0 aliphatic carbocycles. The number of rotatable bonds is 7. The van der Waals surface area contributed by atoms with E-state index in [4.69, 9.17) is 14.2 Å². The standard InChI is InChI=1S/C15H23NO4/c1-10(2)6-7-16-15(17)14-12(19-4)8-11(18-3)9-13(14)20-5/h8-10H,6-7H2,1-5H3,(H,16,17). The minimum absolute atomic E-state index is 0.206. The van der Waals surface area contributed by atoms with Crippen molar-refractivity contribution < 1.29 is 19.0 Å². The van der Waals surface area contributed by atoms with E-state index in [-0.39, 0.29) is 5.91 Å². The van der Waals surface area contributed by atoms with Gasteiger partial charge < -0.3 is 19.5 Å². The maximum atomic E-state index is 12.3. The molecule has 0 bridgehead atoms. The number of hydrogen-bond acceptors (Lipinski definition) is 4. The number of hydrogen-bond donors (Lipinski definition) is 1. The zero-order valence-corrected chi connectivity index (χ0v) is 12.8. The number of amides is 1. The summed E-state index contributed by atoms with van der Waals surface area (Å²) in [6, 6.07) is 3.33. The first kappa shape index (κ1) is 16.1. The van der Waals surface area contributed by atoms with Crippen molar-refractivity contribution in [3.63, 3.8) is 0 Å². The van der Waals surface area contributed by atoms with Crippen molar-refractivity contribution in [3.8, 4) is 17.2 Å². The Hall–Kier alpha value is -1.91. The molecule has 0 spiro atoms. The highest BCUT2D eigenvalue weighted by atomic mass is 16.5. The highest BCUT2D eigenvalue weighted by Gasteiger charge is 2.20. The molecule has 1 rings (SSSR count). The van der Waals surface area contributed by atoms with Gasteiger partial charge in [0.1, 0.15) is 22.8 Å². The van der Waals surface area contributed by atoms with Crippen molar-refractivity contribution in [2.24, 2.45) is 5.92 Å². The summed E-state index contributed by atoms with van der Waals surface area (Å²) >= 11 is 0. The summed E-state index contributed by atoms with van der Waals surface area (Å²) < 4.78 is 15.7. The quantitative estimate of drug-likeness (QED) is 0.834. The molecule has 1 aromatic rings. The number of methoxy groups -OCH3 is 3. The fourth-order valence-electron chi connectivity index (χ4n) is 1.79. The maximum absolute atomic E-state index is 12.3. The Morgan fingerprint density at radius 2 is 1.65 bits per heavy atom. The first-order valence-corrected chi connectivity index (χ1v) is 6.61. The van der Waals surface area contributed by atoms with E-state index < -0.39 is 0 Å². The first-order chi connectivity index (χ1) is 9.53. The number of benzene rings is 1. The highest BCUT2D eigenvalue weighted by Crippen LogP contribution is 2.33. The van der Waals surface area contributed by atoms with E-state index in [1.54, 1.807) is 19.2 Å². The molecule has 0 saturated heterocycles. The maximum Gasteiger partial charge on any atom is 0.258 e. The molecule has 0 aliphatic rings. The Bertz CT molecular complexity index is 432. The van der Waals surface area contributed by atoms with E-state index >= 15 is 0 Å². The SMILES string of the molecule is COc1cc(OC)c(C(=O)NCCC(C)C)c(OC)c1. The van der Waals surface area contributed by atoms with Crippen LogP contribution in [0.3, 0.4) is 0 Å². The zero-order valence-electron chi connectivity index (χ0n) is 12.8. The van der Waals surface area contributed by atoms with Crippen LogP contribution in [0.2, 0.25) is 0 Å². The molecule has 0 atom stereocenters. The van der Waals surface area contributed by atoms with Gasteiger partial charge in [-0.2, -0.15) is 0 Å². The summed E-state index contributed by atoms with van der Waals surface area (Å²) in [7, 11) is 4.58. The van der Waals surface area contributed by atoms with Gasteiger partial charge in [-0.1, -0.05) is 13.8 Å². The second-order valence-electron chi connectivity index (χ2n) is 4.85. The first-order valence-electron chi connectivity index (χ1n) is 6.61. The molecule has 1 aromatic carbocycles. The van der Waals surface area contributed by atoms with E-state index in [0.29, 0.717) is 35.3 Å². The van der Waals surface area contributed by atoms with Gasteiger partial charge in [0.2, 0.25) is 0 Å². The van der Waals surface area contributed by atoms with Crippen LogP contribution in [-0.2, 0) is 0 Å². The van der Waals surface area contributed by atoms with E-state index in [2.05, 4.69) is 19.2 Å². The monoisotopic (exact) mass is 281 g/mol. The van der Waals surface area contributed by atoms with Crippen LogP contribution in [0.25, 0.3) is 0 Å².